The van der Waals surface area contributed by atoms with Crippen molar-refractivity contribution in [2.24, 2.45) is 0 Å². The van der Waals surface area contributed by atoms with Crippen molar-refractivity contribution in [3.05, 3.63) is 53.4 Å². The van der Waals surface area contributed by atoms with E-state index >= 15 is 0 Å². The van der Waals surface area contributed by atoms with E-state index < -0.39 is 22.1 Å². The summed E-state index contributed by atoms with van der Waals surface area (Å²) in [6.07, 6.45) is 1.78. The lowest BCUT2D eigenvalue weighted by Crippen LogP contribution is -2.43. The molecule has 3 aromatic heterocycles. The molecular weight excluding hydrogens is 392 g/mol. The number of nitrogens with zero attached hydrogens (tertiary/aromatic N) is 5. The van der Waals surface area contributed by atoms with Crippen LogP contribution in [0, 0.1) is 13.8 Å². The number of nitrogens with one attached hydrogen (secondary N) is 1. The Morgan fingerprint density at radius 3 is 2.76 bits per heavy atom. The van der Waals surface area contributed by atoms with Gasteiger partial charge in [-0.3, -0.25) is 23.6 Å². The summed E-state index contributed by atoms with van der Waals surface area (Å²) in [6, 6.07) is 7.44. The monoisotopic (exact) mass is 414 g/mol. The molecule has 0 spiro atoms. The highest BCUT2D eigenvalue weighted by molar-refractivity contribution is 7.85. The first-order chi connectivity index (χ1) is 13.9. The molecule has 4 heterocycles. The molecule has 2 N–H and O–H groups in total. The molecule has 0 aromatic carbocycles. The van der Waals surface area contributed by atoms with Gasteiger partial charge < -0.3 is 5.11 Å². The van der Waals surface area contributed by atoms with Gasteiger partial charge in [0.05, 0.1) is 22.0 Å². The van der Waals surface area contributed by atoms with Crippen LogP contribution in [0.3, 0.4) is 0 Å². The predicted molar refractivity (Wildman–Crippen MR) is 109 cm³/mol. The van der Waals surface area contributed by atoms with Gasteiger partial charge in [-0.2, -0.15) is 0 Å². The number of rotatable bonds is 4. The Labute approximate surface area is 170 Å². The molecule has 1 aliphatic heterocycles. The molecule has 0 bridgehead atoms. The van der Waals surface area contributed by atoms with Crippen LogP contribution in [0.25, 0.3) is 5.52 Å². The summed E-state index contributed by atoms with van der Waals surface area (Å²) in [5, 5.41) is 12.6. The smallest absolute Gasteiger partial charge is 0.294 e. The maximum atomic E-state index is 12.9. The molecule has 1 fully saturated rings. The minimum atomic E-state index is -1.21. The van der Waals surface area contributed by atoms with Crippen LogP contribution in [0.15, 0.2) is 30.5 Å². The third-order valence-electron chi connectivity index (χ3n) is 4.74. The molecule has 152 valence electrons. The molecule has 0 aliphatic carbocycles. The first-order valence-electron chi connectivity index (χ1n) is 9.28. The van der Waals surface area contributed by atoms with E-state index in [2.05, 4.69) is 20.3 Å². The minimum absolute atomic E-state index is 0.236. The molecule has 10 heteroatoms. The van der Waals surface area contributed by atoms with Gasteiger partial charge in [0.15, 0.2) is 0 Å². The lowest BCUT2D eigenvalue weighted by Gasteiger charge is -2.28. The second-order valence-corrected chi connectivity index (χ2v) is 8.75. The van der Waals surface area contributed by atoms with Gasteiger partial charge in [0.25, 0.3) is 5.91 Å². The van der Waals surface area contributed by atoms with Gasteiger partial charge in [-0.05, 0) is 32.0 Å². The highest BCUT2D eigenvalue weighted by Gasteiger charge is 2.26. The van der Waals surface area contributed by atoms with Gasteiger partial charge in [0, 0.05) is 43.0 Å². The number of pyridine rings is 1. The van der Waals surface area contributed by atoms with Crippen molar-refractivity contribution in [2.75, 3.05) is 24.2 Å². The number of β-amino-alcohol motifs (C(OH)–C–C–N with tert-alkyl or cyclic N) is 1. The topological polar surface area (TPSA) is 113 Å². The number of carbonyl (C=O) groups excluding carboxylic acids is 1. The highest BCUT2D eigenvalue weighted by Crippen LogP contribution is 2.18. The average Bonchev–Trinajstić information content (AvgIpc) is 3.03. The van der Waals surface area contributed by atoms with Crippen LogP contribution in [0.2, 0.25) is 0 Å². The Hall–Kier alpha value is -2.69. The van der Waals surface area contributed by atoms with Crippen molar-refractivity contribution in [3.63, 3.8) is 0 Å². The molecule has 1 amide bonds. The van der Waals surface area contributed by atoms with Crippen LogP contribution in [0.5, 0.6) is 0 Å². The zero-order chi connectivity index (χ0) is 20.5. The van der Waals surface area contributed by atoms with Gasteiger partial charge in [-0.1, -0.05) is 6.07 Å². The zero-order valence-corrected chi connectivity index (χ0v) is 17.0. The van der Waals surface area contributed by atoms with Gasteiger partial charge in [0.2, 0.25) is 11.8 Å². The quantitative estimate of drug-likeness (QED) is 0.651. The summed E-state index contributed by atoms with van der Waals surface area (Å²) in [7, 11) is -1.21. The van der Waals surface area contributed by atoms with Crippen molar-refractivity contribution in [1.82, 2.24) is 24.3 Å². The molecule has 4 rings (SSSR count). The van der Waals surface area contributed by atoms with E-state index in [-0.39, 0.29) is 11.8 Å². The van der Waals surface area contributed by atoms with E-state index in [9.17, 15) is 14.1 Å². The standard InChI is InChI=1S/C19H22N6O3S/c1-12-9-13(2)21-19(20-12)23-18(27)17-22-14(15-5-3-4-6-25(15)17)10-24-7-8-29(28)16(26)11-24/h3-6,9,16,26H,7-8,10-11H2,1-2H3,(H,20,21,23,27). The summed E-state index contributed by atoms with van der Waals surface area (Å²) >= 11 is 0. The number of amides is 1. The molecule has 0 saturated carbocycles. The van der Waals surface area contributed by atoms with Crippen LogP contribution >= 0.6 is 0 Å². The first kappa shape index (κ1) is 19.6. The number of fused-ring (bicyclic) bond motifs is 1. The summed E-state index contributed by atoms with van der Waals surface area (Å²) in [5.74, 6) is 0.495. The average molecular weight is 414 g/mol. The van der Waals surface area contributed by atoms with Crippen molar-refractivity contribution in [2.45, 2.75) is 25.8 Å². The fourth-order valence-electron chi connectivity index (χ4n) is 3.42. The largest absolute Gasteiger partial charge is 0.378 e. The molecule has 9 nitrogen and oxygen atoms in total. The number of hydrogen-bond donors (Lipinski definition) is 2. The fraction of sp³-hybridized carbons (Fsp3) is 0.368. The fourth-order valence-corrected chi connectivity index (χ4v) is 4.51. The normalized spacial score (nSPS) is 20.1. The second-order valence-electron chi connectivity index (χ2n) is 7.04. The molecule has 3 aromatic rings. The molecule has 2 unspecified atom stereocenters. The van der Waals surface area contributed by atoms with Gasteiger partial charge >= 0.3 is 0 Å². The zero-order valence-electron chi connectivity index (χ0n) is 16.2. The lowest BCUT2D eigenvalue weighted by atomic mass is 10.3. The van der Waals surface area contributed by atoms with E-state index in [1.807, 2.05) is 43.0 Å². The maximum absolute atomic E-state index is 12.9. The summed E-state index contributed by atoms with van der Waals surface area (Å²) < 4.78 is 13.4. The van der Waals surface area contributed by atoms with Gasteiger partial charge in [0.1, 0.15) is 5.44 Å². The van der Waals surface area contributed by atoms with Crippen LogP contribution in [-0.2, 0) is 17.3 Å². The molecule has 29 heavy (non-hydrogen) atoms. The predicted octanol–water partition coefficient (Wildman–Crippen LogP) is 0.876. The molecule has 1 saturated heterocycles. The lowest BCUT2D eigenvalue weighted by molar-refractivity contribution is 0.101. The van der Waals surface area contributed by atoms with Crippen molar-refractivity contribution < 1.29 is 14.1 Å². The number of aryl methyl sites for hydroxylation is 2. The van der Waals surface area contributed by atoms with E-state index in [1.165, 1.54) is 0 Å². The Bertz CT molecular complexity index is 1080. The van der Waals surface area contributed by atoms with Crippen LogP contribution in [0.4, 0.5) is 5.95 Å². The van der Waals surface area contributed by atoms with Gasteiger partial charge in [-0.15, -0.1) is 0 Å². The number of hydrogen-bond acceptors (Lipinski definition) is 7. The third kappa shape index (κ3) is 4.19. The Morgan fingerprint density at radius 2 is 2.03 bits per heavy atom. The van der Waals surface area contributed by atoms with Crippen molar-refractivity contribution in [3.8, 4) is 0 Å². The molecule has 0 radical (unpaired) electrons. The number of carbonyl (C=O) groups is 1. The number of aromatic nitrogens is 4. The van der Waals surface area contributed by atoms with Crippen LogP contribution in [-0.4, -0.2) is 63.8 Å². The Kier molecular flexibility index (Phi) is 5.39. The van der Waals surface area contributed by atoms with Crippen molar-refractivity contribution in [1.29, 1.82) is 0 Å². The number of aliphatic hydroxyl groups is 1. The Morgan fingerprint density at radius 1 is 1.28 bits per heavy atom. The third-order valence-corrected chi connectivity index (χ3v) is 6.08. The Balaban J connectivity index is 1.61. The van der Waals surface area contributed by atoms with E-state index in [0.29, 0.717) is 25.4 Å². The summed E-state index contributed by atoms with van der Waals surface area (Å²) in [5.41, 5.74) is 2.20. The van der Waals surface area contributed by atoms with E-state index in [4.69, 9.17) is 0 Å². The van der Waals surface area contributed by atoms with Gasteiger partial charge in [-0.25, -0.2) is 15.0 Å². The molecule has 1 aliphatic rings. The summed E-state index contributed by atoms with van der Waals surface area (Å²) in [4.78, 5) is 27.9. The first-order valence-corrected chi connectivity index (χ1v) is 10.7. The number of aliphatic hydroxyl groups excluding tert-OH is 1. The van der Waals surface area contributed by atoms with Crippen LogP contribution in [0.1, 0.15) is 27.7 Å². The molecular formula is C19H22N6O3S. The number of anilines is 1. The SMILES string of the molecule is Cc1cc(C)nc(NC(=O)c2nc(CN3CCS(=O)C(O)C3)c3ccccn23)n1. The second kappa shape index (κ2) is 7.97. The van der Waals surface area contributed by atoms with Crippen LogP contribution < -0.4 is 5.32 Å². The number of imidazole rings is 1. The molecule has 2 atom stereocenters. The summed E-state index contributed by atoms with van der Waals surface area (Å²) in [6.45, 7) is 5.06. The van der Waals surface area contributed by atoms with Crippen molar-refractivity contribution >= 4 is 28.2 Å². The van der Waals surface area contributed by atoms with E-state index in [0.717, 1.165) is 22.6 Å². The van der Waals surface area contributed by atoms with E-state index in [1.54, 1.807) is 10.6 Å². The maximum Gasteiger partial charge on any atom is 0.294 e. The minimum Gasteiger partial charge on any atom is -0.378 e. The highest BCUT2D eigenvalue weighted by atomic mass is 32.2.